The van der Waals surface area contributed by atoms with E-state index in [1.165, 1.54) is 12.8 Å². The molecule has 1 unspecified atom stereocenters. The van der Waals surface area contributed by atoms with Crippen LogP contribution in [0.5, 0.6) is 5.75 Å². The first kappa shape index (κ1) is 11.4. The number of hydrogen-bond acceptors (Lipinski definition) is 3. The second-order valence-electron chi connectivity index (χ2n) is 4.87. The molecule has 16 heavy (non-hydrogen) atoms. The van der Waals surface area contributed by atoms with Crippen molar-refractivity contribution >= 4 is 0 Å². The number of hydrogen-bond donors (Lipinski definition) is 3. The molecule has 3 N–H and O–H groups in total. The summed E-state index contributed by atoms with van der Waals surface area (Å²) in [6.45, 7) is 2.91. The van der Waals surface area contributed by atoms with Crippen molar-refractivity contribution in [2.45, 2.75) is 31.8 Å². The summed E-state index contributed by atoms with van der Waals surface area (Å²) < 4.78 is 0. The van der Waals surface area contributed by atoms with E-state index in [1.807, 2.05) is 12.1 Å². The molecule has 0 bridgehead atoms. The molecule has 0 spiro atoms. The fraction of sp³-hybridized carbons (Fsp3) is 0.538. The molecule has 0 aromatic heterocycles. The molecule has 1 aliphatic rings. The molecule has 3 heteroatoms. The summed E-state index contributed by atoms with van der Waals surface area (Å²) >= 11 is 0. The van der Waals surface area contributed by atoms with E-state index in [9.17, 15) is 10.2 Å². The van der Waals surface area contributed by atoms with Crippen LogP contribution in [0.1, 0.15) is 25.3 Å². The molecule has 2 rings (SSSR count). The molecule has 1 aliphatic carbocycles. The lowest BCUT2D eigenvalue weighted by Crippen LogP contribution is -2.47. The molecule has 1 aromatic rings. The maximum absolute atomic E-state index is 9.42. The number of aliphatic hydroxyl groups excluding tert-OH is 1. The molecule has 0 amide bonds. The Kier molecular flexibility index (Phi) is 3.17. The third kappa shape index (κ3) is 2.54. The second kappa shape index (κ2) is 4.44. The lowest BCUT2D eigenvalue weighted by molar-refractivity contribution is 0.153. The third-order valence-corrected chi connectivity index (χ3v) is 3.41. The summed E-state index contributed by atoms with van der Waals surface area (Å²) in [4.78, 5) is 0. The van der Waals surface area contributed by atoms with Crippen LogP contribution in [-0.4, -0.2) is 22.4 Å². The zero-order chi connectivity index (χ0) is 11.6. The number of nitrogens with one attached hydrogen (secondary N) is 1. The number of rotatable bonds is 5. The predicted octanol–water partition coefficient (Wildman–Crippen LogP) is 1.64. The third-order valence-electron chi connectivity index (χ3n) is 3.41. The highest BCUT2D eigenvalue weighted by Gasteiger charge is 2.40. The van der Waals surface area contributed by atoms with E-state index in [0.29, 0.717) is 12.5 Å². The quantitative estimate of drug-likeness (QED) is 0.708. The Labute approximate surface area is 96.1 Å². The van der Waals surface area contributed by atoms with E-state index in [1.54, 1.807) is 12.1 Å². The molecule has 0 aliphatic heterocycles. The van der Waals surface area contributed by atoms with Crippen LogP contribution in [0.25, 0.3) is 0 Å². The van der Waals surface area contributed by atoms with E-state index in [-0.39, 0.29) is 17.9 Å². The van der Waals surface area contributed by atoms with Gasteiger partial charge in [-0.05, 0) is 43.4 Å². The molecular weight excluding hydrogens is 202 g/mol. The predicted molar refractivity (Wildman–Crippen MR) is 63.2 cm³/mol. The average Bonchev–Trinajstić information content (AvgIpc) is 3.10. The van der Waals surface area contributed by atoms with Gasteiger partial charge in [-0.2, -0.15) is 0 Å². The fourth-order valence-corrected chi connectivity index (χ4v) is 2.02. The Morgan fingerprint density at radius 1 is 1.44 bits per heavy atom. The maximum atomic E-state index is 9.42. The first-order chi connectivity index (χ1) is 7.64. The summed E-state index contributed by atoms with van der Waals surface area (Å²) in [7, 11) is 0. The standard InChI is InChI=1S/C13H19NO2/c1-13(9-15,11-5-6-11)14-8-10-3-2-4-12(16)7-10/h2-4,7,11,14-16H,5-6,8-9H2,1H3. The van der Waals surface area contributed by atoms with Gasteiger partial charge in [-0.1, -0.05) is 12.1 Å². The van der Waals surface area contributed by atoms with Gasteiger partial charge in [0.05, 0.1) is 6.61 Å². The van der Waals surface area contributed by atoms with Crippen molar-refractivity contribution in [3.63, 3.8) is 0 Å². The van der Waals surface area contributed by atoms with Gasteiger partial charge >= 0.3 is 0 Å². The topological polar surface area (TPSA) is 52.5 Å². The summed E-state index contributed by atoms with van der Waals surface area (Å²) in [6.07, 6.45) is 2.40. The van der Waals surface area contributed by atoms with Crippen molar-refractivity contribution < 1.29 is 10.2 Å². The molecule has 0 radical (unpaired) electrons. The number of phenols is 1. The normalized spacial score (nSPS) is 19.4. The molecular formula is C13H19NO2. The van der Waals surface area contributed by atoms with Crippen molar-refractivity contribution in [2.24, 2.45) is 5.92 Å². The van der Waals surface area contributed by atoms with Crippen LogP contribution in [0, 0.1) is 5.92 Å². The summed E-state index contributed by atoms with van der Waals surface area (Å²) in [5.41, 5.74) is 0.867. The Balaban J connectivity index is 1.95. The molecule has 1 aromatic carbocycles. The van der Waals surface area contributed by atoms with Crippen molar-refractivity contribution in [2.75, 3.05) is 6.61 Å². The van der Waals surface area contributed by atoms with Gasteiger partial charge in [0.25, 0.3) is 0 Å². The molecule has 3 nitrogen and oxygen atoms in total. The fourth-order valence-electron chi connectivity index (χ4n) is 2.02. The second-order valence-corrected chi connectivity index (χ2v) is 4.87. The van der Waals surface area contributed by atoms with Gasteiger partial charge in [-0.3, -0.25) is 0 Å². The number of aliphatic hydroxyl groups is 1. The Morgan fingerprint density at radius 3 is 2.75 bits per heavy atom. The van der Waals surface area contributed by atoms with Crippen molar-refractivity contribution in [3.8, 4) is 5.75 Å². The molecule has 0 saturated heterocycles. The Morgan fingerprint density at radius 2 is 2.19 bits per heavy atom. The lowest BCUT2D eigenvalue weighted by Gasteiger charge is -2.29. The van der Waals surface area contributed by atoms with E-state index < -0.39 is 0 Å². The van der Waals surface area contributed by atoms with Crippen LogP contribution >= 0.6 is 0 Å². The van der Waals surface area contributed by atoms with Crippen LogP contribution in [0.3, 0.4) is 0 Å². The Bertz CT molecular complexity index is 363. The van der Waals surface area contributed by atoms with Gasteiger partial charge in [0.15, 0.2) is 0 Å². The average molecular weight is 221 g/mol. The number of aromatic hydroxyl groups is 1. The largest absolute Gasteiger partial charge is 0.508 e. The van der Waals surface area contributed by atoms with Gasteiger partial charge < -0.3 is 15.5 Å². The molecule has 1 fully saturated rings. The van der Waals surface area contributed by atoms with E-state index in [2.05, 4.69) is 12.2 Å². The summed E-state index contributed by atoms with van der Waals surface area (Å²) in [5, 5.41) is 22.2. The lowest BCUT2D eigenvalue weighted by atomic mass is 9.96. The maximum Gasteiger partial charge on any atom is 0.115 e. The van der Waals surface area contributed by atoms with Crippen molar-refractivity contribution in [1.29, 1.82) is 0 Å². The van der Waals surface area contributed by atoms with E-state index in [0.717, 1.165) is 5.56 Å². The van der Waals surface area contributed by atoms with Crippen LogP contribution in [0.4, 0.5) is 0 Å². The Hall–Kier alpha value is -1.06. The van der Waals surface area contributed by atoms with E-state index >= 15 is 0 Å². The smallest absolute Gasteiger partial charge is 0.115 e. The highest BCUT2D eigenvalue weighted by atomic mass is 16.3. The number of benzene rings is 1. The minimum Gasteiger partial charge on any atom is -0.508 e. The minimum atomic E-state index is -0.175. The van der Waals surface area contributed by atoms with Crippen LogP contribution < -0.4 is 5.32 Å². The van der Waals surface area contributed by atoms with Gasteiger partial charge in [0.1, 0.15) is 5.75 Å². The first-order valence-electron chi connectivity index (χ1n) is 5.78. The molecule has 1 atom stereocenters. The van der Waals surface area contributed by atoms with Crippen LogP contribution in [-0.2, 0) is 6.54 Å². The first-order valence-corrected chi connectivity index (χ1v) is 5.78. The highest BCUT2D eigenvalue weighted by Crippen LogP contribution is 2.39. The van der Waals surface area contributed by atoms with Crippen molar-refractivity contribution in [1.82, 2.24) is 5.32 Å². The van der Waals surface area contributed by atoms with Gasteiger partial charge in [0.2, 0.25) is 0 Å². The van der Waals surface area contributed by atoms with Crippen molar-refractivity contribution in [3.05, 3.63) is 29.8 Å². The highest BCUT2D eigenvalue weighted by molar-refractivity contribution is 5.27. The van der Waals surface area contributed by atoms with E-state index in [4.69, 9.17) is 0 Å². The monoisotopic (exact) mass is 221 g/mol. The molecule has 1 saturated carbocycles. The zero-order valence-corrected chi connectivity index (χ0v) is 9.61. The zero-order valence-electron chi connectivity index (χ0n) is 9.61. The molecule has 88 valence electrons. The van der Waals surface area contributed by atoms with Gasteiger partial charge in [-0.15, -0.1) is 0 Å². The van der Waals surface area contributed by atoms with Gasteiger partial charge in [0, 0.05) is 12.1 Å². The van der Waals surface area contributed by atoms with Crippen LogP contribution in [0.15, 0.2) is 24.3 Å². The van der Waals surface area contributed by atoms with Gasteiger partial charge in [-0.25, -0.2) is 0 Å². The summed E-state index contributed by atoms with van der Waals surface area (Å²) in [6, 6.07) is 7.21. The number of phenolic OH excluding ortho intramolecular Hbond substituents is 1. The minimum absolute atomic E-state index is 0.163. The molecule has 0 heterocycles. The van der Waals surface area contributed by atoms with Crippen LogP contribution in [0.2, 0.25) is 0 Å². The summed E-state index contributed by atoms with van der Waals surface area (Å²) in [5.74, 6) is 0.881. The SMILES string of the molecule is CC(CO)(NCc1cccc(O)c1)C1CC1.